The number of hydrogen-bond donors (Lipinski definition) is 2. The minimum absolute atomic E-state index is 0.103. The van der Waals surface area contributed by atoms with Crippen molar-refractivity contribution < 1.29 is 14.6 Å². The Balaban J connectivity index is 1.76. The van der Waals surface area contributed by atoms with Gasteiger partial charge < -0.3 is 14.6 Å². The number of halogens is 1. The molecule has 1 aliphatic heterocycles. The highest BCUT2D eigenvalue weighted by atomic mass is 79.9. The average molecular weight is 467 g/mol. The Labute approximate surface area is 184 Å². The molecule has 154 valence electrons. The predicted molar refractivity (Wildman–Crippen MR) is 122 cm³/mol. The standard InChI is InChI=1S/C24H23BrN2O3/c1-29-18-9-6-15(7-10-18)24-26-21(16-4-3-5-19(12-16)30-2)14-22(27-24)20-13-17(25)8-11-23(20)28/h3-13,22,24,27-28H,14H2,1-2H3/t22-,24+/m0/s1. The smallest absolute Gasteiger partial charge is 0.126 e. The Hall–Kier alpha value is -2.83. The quantitative estimate of drug-likeness (QED) is 0.528. The summed E-state index contributed by atoms with van der Waals surface area (Å²) in [7, 11) is 3.31. The third kappa shape index (κ3) is 4.35. The van der Waals surface area contributed by atoms with Crippen LogP contribution in [0.4, 0.5) is 0 Å². The Morgan fingerprint density at radius 2 is 1.73 bits per heavy atom. The van der Waals surface area contributed by atoms with Crippen LogP contribution in [0, 0.1) is 0 Å². The Kier molecular flexibility index (Phi) is 6.06. The third-order valence-corrected chi connectivity index (χ3v) is 5.73. The summed E-state index contributed by atoms with van der Waals surface area (Å²) in [5.41, 5.74) is 3.82. The zero-order valence-corrected chi connectivity index (χ0v) is 18.4. The minimum Gasteiger partial charge on any atom is -0.508 e. The lowest BCUT2D eigenvalue weighted by molar-refractivity contribution is 0.407. The molecular weight excluding hydrogens is 444 g/mol. The molecule has 5 nitrogen and oxygen atoms in total. The van der Waals surface area contributed by atoms with Gasteiger partial charge in [0.1, 0.15) is 23.4 Å². The van der Waals surface area contributed by atoms with Gasteiger partial charge in [0, 0.05) is 28.2 Å². The number of ether oxygens (including phenoxy) is 2. The normalized spacial score (nSPS) is 18.6. The number of aliphatic imine (C=N–C) groups is 1. The van der Waals surface area contributed by atoms with E-state index in [4.69, 9.17) is 14.5 Å². The molecule has 0 amide bonds. The van der Waals surface area contributed by atoms with Crippen LogP contribution >= 0.6 is 15.9 Å². The molecule has 1 heterocycles. The molecule has 0 saturated carbocycles. The van der Waals surface area contributed by atoms with E-state index in [1.807, 2.05) is 60.7 Å². The molecule has 4 rings (SSSR count). The van der Waals surface area contributed by atoms with E-state index < -0.39 is 0 Å². The number of nitrogens with zero attached hydrogens (tertiary/aromatic N) is 1. The second-order valence-corrected chi connectivity index (χ2v) is 8.03. The van der Waals surface area contributed by atoms with E-state index in [9.17, 15) is 5.11 Å². The number of phenolic OH excluding ortho intramolecular Hbond substituents is 1. The fourth-order valence-electron chi connectivity index (χ4n) is 3.64. The maximum atomic E-state index is 10.5. The molecule has 3 aromatic carbocycles. The van der Waals surface area contributed by atoms with Gasteiger partial charge in [0.2, 0.25) is 0 Å². The molecule has 2 N–H and O–H groups in total. The molecule has 0 spiro atoms. The first-order valence-electron chi connectivity index (χ1n) is 9.67. The van der Waals surface area contributed by atoms with Crippen LogP contribution < -0.4 is 14.8 Å². The highest BCUT2D eigenvalue weighted by Gasteiger charge is 2.28. The van der Waals surface area contributed by atoms with Crippen LogP contribution in [0.3, 0.4) is 0 Å². The number of phenols is 1. The molecule has 1 aliphatic rings. The van der Waals surface area contributed by atoms with Crippen LogP contribution in [0.1, 0.15) is 35.3 Å². The summed E-state index contributed by atoms with van der Waals surface area (Å²) >= 11 is 3.52. The monoisotopic (exact) mass is 466 g/mol. The van der Waals surface area contributed by atoms with Gasteiger partial charge in [0.25, 0.3) is 0 Å². The molecule has 0 unspecified atom stereocenters. The molecule has 6 heteroatoms. The SMILES string of the molecule is COc1ccc([C@@H]2N=C(c3cccc(OC)c3)C[C@@H](c3cc(Br)ccc3O)N2)cc1. The van der Waals surface area contributed by atoms with Crippen molar-refractivity contribution in [1.82, 2.24) is 5.32 Å². The summed E-state index contributed by atoms with van der Waals surface area (Å²) in [5.74, 6) is 1.85. The van der Waals surface area contributed by atoms with Crippen molar-refractivity contribution in [3.05, 3.63) is 87.9 Å². The summed E-state index contributed by atoms with van der Waals surface area (Å²) in [5, 5.41) is 14.1. The topological polar surface area (TPSA) is 63.1 Å². The van der Waals surface area contributed by atoms with Gasteiger partial charge in [-0.15, -0.1) is 0 Å². The number of benzene rings is 3. The molecule has 0 fully saturated rings. The molecule has 0 radical (unpaired) electrons. The lowest BCUT2D eigenvalue weighted by Crippen LogP contribution is -2.33. The molecular formula is C24H23BrN2O3. The second kappa shape index (κ2) is 8.90. The largest absolute Gasteiger partial charge is 0.508 e. The molecule has 0 saturated heterocycles. The number of rotatable bonds is 5. The van der Waals surface area contributed by atoms with Crippen molar-refractivity contribution in [1.29, 1.82) is 0 Å². The van der Waals surface area contributed by atoms with Crippen LogP contribution in [-0.4, -0.2) is 25.0 Å². The lowest BCUT2D eigenvalue weighted by atomic mass is 9.93. The summed E-state index contributed by atoms with van der Waals surface area (Å²) < 4.78 is 11.6. The van der Waals surface area contributed by atoms with Crippen LogP contribution in [0.2, 0.25) is 0 Å². The highest BCUT2D eigenvalue weighted by molar-refractivity contribution is 9.10. The third-order valence-electron chi connectivity index (χ3n) is 5.24. The van der Waals surface area contributed by atoms with Gasteiger partial charge in [-0.1, -0.05) is 40.2 Å². The van der Waals surface area contributed by atoms with Gasteiger partial charge in [0.15, 0.2) is 0 Å². The molecule has 0 bridgehead atoms. The van der Waals surface area contributed by atoms with E-state index in [0.29, 0.717) is 6.42 Å². The van der Waals surface area contributed by atoms with Gasteiger partial charge in [-0.25, -0.2) is 0 Å². The molecule has 3 aromatic rings. The Morgan fingerprint density at radius 1 is 0.967 bits per heavy atom. The van der Waals surface area contributed by atoms with Gasteiger partial charge in [-0.3, -0.25) is 10.3 Å². The van der Waals surface area contributed by atoms with Crippen molar-refractivity contribution >= 4 is 21.6 Å². The fourth-order valence-corrected chi connectivity index (χ4v) is 4.02. The molecule has 30 heavy (non-hydrogen) atoms. The lowest BCUT2D eigenvalue weighted by Gasteiger charge is -2.31. The molecule has 0 aliphatic carbocycles. The molecule has 0 aromatic heterocycles. The number of aromatic hydroxyl groups is 1. The van der Waals surface area contributed by atoms with Crippen LogP contribution in [0.5, 0.6) is 17.2 Å². The maximum Gasteiger partial charge on any atom is 0.126 e. The number of methoxy groups -OCH3 is 2. The predicted octanol–water partition coefficient (Wildman–Crippen LogP) is 5.39. The van der Waals surface area contributed by atoms with E-state index in [1.165, 1.54) is 0 Å². The van der Waals surface area contributed by atoms with Crippen molar-refractivity contribution in [3.63, 3.8) is 0 Å². The van der Waals surface area contributed by atoms with Crippen molar-refractivity contribution in [3.8, 4) is 17.2 Å². The van der Waals surface area contributed by atoms with Crippen molar-refractivity contribution in [2.75, 3.05) is 14.2 Å². The van der Waals surface area contributed by atoms with Gasteiger partial charge in [0.05, 0.1) is 14.2 Å². The highest BCUT2D eigenvalue weighted by Crippen LogP contribution is 2.36. The minimum atomic E-state index is -0.255. The van der Waals surface area contributed by atoms with E-state index in [2.05, 4.69) is 21.2 Å². The summed E-state index contributed by atoms with van der Waals surface area (Å²) in [6, 6.07) is 21.2. The van der Waals surface area contributed by atoms with Crippen LogP contribution in [0.25, 0.3) is 0 Å². The first kappa shape index (κ1) is 20.4. The van der Waals surface area contributed by atoms with Gasteiger partial charge in [-0.05, 0) is 53.6 Å². The van der Waals surface area contributed by atoms with E-state index in [-0.39, 0.29) is 18.0 Å². The van der Waals surface area contributed by atoms with Crippen LogP contribution in [-0.2, 0) is 0 Å². The number of nitrogens with one attached hydrogen (secondary N) is 1. The van der Waals surface area contributed by atoms with Crippen LogP contribution in [0.15, 0.2) is 76.2 Å². The Morgan fingerprint density at radius 3 is 2.47 bits per heavy atom. The number of hydrogen-bond acceptors (Lipinski definition) is 5. The summed E-state index contributed by atoms with van der Waals surface area (Å²) in [6.45, 7) is 0. The summed E-state index contributed by atoms with van der Waals surface area (Å²) in [6.07, 6.45) is 0.387. The first-order chi connectivity index (χ1) is 14.6. The van der Waals surface area contributed by atoms with Crippen molar-refractivity contribution in [2.24, 2.45) is 4.99 Å². The van der Waals surface area contributed by atoms with E-state index in [0.717, 1.165) is 38.4 Å². The average Bonchev–Trinajstić information content (AvgIpc) is 2.80. The van der Waals surface area contributed by atoms with Crippen molar-refractivity contribution in [2.45, 2.75) is 18.6 Å². The van der Waals surface area contributed by atoms with E-state index >= 15 is 0 Å². The van der Waals surface area contributed by atoms with Gasteiger partial charge >= 0.3 is 0 Å². The van der Waals surface area contributed by atoms with E-state index in [1.54, 1.807) is 20.3 Å². The second-order valence-electron chi connectivity index (χ2n) is 7.11. The first-order valence-corrected chi connectivity index (χ1v) is 10.5. The zero-order valence-electron chi connectivity index (χ0n) is 16.8. The molecule has 2 atom stereocenters. The van der Waals surface area contributed by atoms with Gasteiger partial charge in [-0.2, -0.15) is 0 Å². The fraction of sp³-hybridized carbons (Fsp3) is 0.208. The maximum absolute atomic E-state index is 10.5. The Bertz CT molecular complexity index is 1070. The summed E-state index contributed by atoms with van der Waals surface area (Å²) in [4.78, 5) is 5.00. The zero-order chi connectivity index (χ0) is 21.1.